The number of rotatable bonds is 6. The van der Waals surface area contributed by atoms with Gasteiger partial charge in [0.25, 0.3) is 5.91 Å². The van der Waals surface area contributed by atoms with Crippen LogP contribution in [0, 0.1) is 0 Å². The zero-order chi connectivity index (χ0) is 12.0. The minimum atomic E-state index is -0.213. The highest BCUT2D eigenvalue weighted by Crippen LogP contribution is 2.10. The van der Waals surface area contributed by atoms with Crippen molar-refractivity contribution in [3.63, 3.8) is 0 Å². The molecule has 1 aromatic rings. The maximum atomic E-state index is 11.8. The van der Waals surface area contributed by atoms with Crippen molar-refractivity contribution in [3.05, 3.63) is 11.9 Å². The summed E-state index contributed by atoms with van der Waals surface area (Å²) in [6.07, 6.45) is 2.91. The quantitative estimate of drug-likeness (QED) is 0.595. The fourth-order valence-corrected chi connectivity index (χ4v) is 1.41. The van der Waals surface area contributed by atoms with Crippen molar-refractivity contribution in [2.45, 2.75) is 26.3 Å². The van der Waals surface area contributed by atoms with E-state index in [2.05, 4.69) is 10.4 Å². The molecule has 0 fully saturated rings. The molecule has 0 radical (unpaired) electrons. The van der Waals surface area contributed by atoms with E-state index >= 15 is 0 Å². The fourth-order valence-electron chi connectivity index (χ4n) is 1.41. The molecule has 6 heteroatoms. The number of nitrogen functional groups attached to an aromatic ring is 1. The van der Waals surface area contributed by atoms with Gasteiger partial charge in [-0.25, -0.2) is 0 Å². The van der Waals surface area contributed by atoms with Crippen LogP contribution in [0.2, 0.25) is 0 Å². The Bertz CT molecular complexity index is 349. The molecule has 0 aromatic carbocycles. The lowest BCUT2D eigenvalue weighted by Crippen LogP contribution is -2.28. The number of aryl methyl sites for hydroxylation is 1. The summed E-state index contributed by atoms with van der Waals surface area (Å²) in [6.45, 7) is 3.18. The second-order valence-electron chi connectivity index (χ2n) is 3.45. The van der Waals surface area contributed by atoms with Crippen LogP contribution in [0.15, 0.2) is 6.20 Å². The highest BCUT2D eigenvalue weighted by atomic mass is 16.2. The van der Waals surface area contributed by atoms with E-state index in [0.29, 0.717) is 30.9 Å². The highest BCUT2D eigenvalue weighted by Gasteiger charge is 2.15. The Balaban J connectivity index is 2.55. The molecule has 1 heterocycles. The Hall–Kier alpha value is -1.56. The maximum absolute atomic E-state index is 11.8. The summed E-state index contributed by atoms with van der Waals surface area (Å²) in [4.78, 5) is 11.8. The van der Waals surface area contributed by atoms with Gasteiger partial charge in [0.15, 0.2) is 0 Å². The molecule has 1 aromatic heterocycles. The maximum Gasteiger partial charge on any atom is 0.271 e. The molecule has 1 amide bonds. The number of anilines is 1. The van der Waals surface area contributed by atoms with Crippen molar-refractivity contribution in [1.82, 2.24) is 15.1 Å². The first-order chi connectivity index (χ1) is 7.70. The second kappa shape index (κ2) is 6.12. The van der Waals surface area contributed by atoms with Crippen LogP contribution < -0.4 is 11.1 Å². The zero-order valence-electron chi connectivity index (χ0n) is 9.44. The predicted molar refractivity (Wildman–Crippen MR) is 61.0 cm³/mol. The van der Waals surface area contributed by atoms with Gasteiger partial charge in [0, 0.05) is 19.7 Å². The van der Waals surface area contributed by atoms with Gasteiger partial charge in [-0.3, -0.25) is 9.48 Å². The average Bonchev–Trinajstić information content (AvgIpc) is 2.65. The Morgan fingerprint density at radius 3 is 3.00 bits per heavy atom. The van der Waals surface area contributed by atoms with Crippen molar-refractivity contribution in [2.24, 2.45) is 0 Å². The van der Waals surface area contributed by atoms with E-state index in [4.69, 9.17) is 10.8 Å². The molecule has 0 saturated heterocycles. The van der Waals surface area contributed by atoms with Crippen LogP contribution in [-0.4, -0.2) is 33.9 Å². The molecule has 0 aliphatic carbocycles. The topological polar surface area (TPSA) is 93.2 Å². The Kier molecular flexibility index (Phi) is 4.78. The van der Waals surface area contributed by atoms with Crippen molar-refractivity contribution in [1.29, 1.82) is 0 Å². The normalized spacial score (nSPS) is 10.4. The summed E-state index contributed by atoms with van der Waals surface area (Å²) in [5.41, 5.74) is 6.46. The predicted octanol–water partition coefficient (Wildman–Crippen LogP) is -0.0125. The monoisotopic (exact) mass is 226 g/mol. The number of nitrogens with two attached hydrogens (primary N) is 1. The van der Waals surface area contributed by atoms with Crippen molar-refractivity contribution in [2.75, 3.05) is 18.9 Å². The summed E-state index contributed by atoms with van der Waals surface area (Å²) in [7, 11) is 0. The number of nitrogens with zero attached hydrogens (tertiary/aromatic N) is 2. The summed E-state index contributed by atoms with van der Waals surface area (Å²) >= 11 is 0. The number of aromatic nitrogens is 2. The molecule has 16 heavy (non-hydrogen) atoms. The summed E-state index contributed by atoms with van der Waals surface area (Å²) in [6, 6.07) is 0. The van der Waals surface area contributed by atoms with Crippen LogP contribution in [0.25, 0.3) is 0 Å². The Morgan fingerprint density at radius 2 is 2.38 bits per heavy atom. The van der Waals surface area contributed by atoms with Crippen LogP contribution in [0.3, 0.4) is 0 Å². The molecule has 0 aliphatic rings. The van der Waals surface area contributed by atoms with Crippen LogP contribution in [-0.2, 0) is 6.54 Å². The molecule has 0 atom stereocenters. The van der Waals surface area contributed by atoms with Gasteiger partial charge in [-0.05, 0) is 19.8 Å². The minimum Gasteiger partial charge on any atom is -0.396 e. The fraction of sp³-hybridized carbons (Fsp3) is 0.600. The molecular weight excluding hydrogens is 208 g/mol. The highest BCUT2D eigenvalue weighted by molar-refractivity contribution is 5.97. The number of hydrogen-bond acceptors (Lipinski definition) is 4. The number of amides is 1. The first kappa shape index (κ1) is 12.5. The number of unbranched alkanes of at least 4 members (excludes halogenated alkanes) is 1. The lowest BCUT2D eigenvalue weighted by atomic mass is 10.3. The van der Waals surface area contributed by atoms with E-state index < -0.39 is 0 Å². The molecule has 6 nitrogen and oxygen atoms in total. The molecule has 0 saturated carbocycles. The third-order valence-corrected chi connectivity index (χ3v) is 2.25. The van der Waals surface area contributed by atoms with Crippen LogP contribution >= 0.6 is 0 Å². The molecule has 0 bridgehead atoms. The lowest BCUT2D eigenvalue weighted by molar-refractivity contribution is 0.0942. The van der Waals surface area contributed by atoms with Gasteiger partial charge >= 0.3 is 0 Å². The molecule has 4 N–H and O–H groups in total. The standard InChI is InChI=1S/C10H18N4O2/c1-2-14-9(8(11)7-13-14)10(16)12-5-3-4-6-15/h7,15H,2-6,11H2,1H3,(H,12,16). The van der Waals surface area contributed by atoms with Crippen molar-refractivity contribution >= 4 is 11.6 Å². The summed E-state index contributed by atoms with van der Waals surface area (Å²) in [5.74, 6) is -0.213. The van der Waals surface area contributed by atoms with Gasteiger partial charge in [-0.15, -0.1) is 0 Å². The third kappa shape index (κ3) is 2.96. The number of carbonyl (C=O) groups is 1. The van der Waals surface area contributed by atoms with Crippen molar-refractivity contribution < 1.29 is 9.90 Å². The van der Waals surface area contributed by atoms with Gasteiger partial charge in [0.1, 0.15) is 5.69 Å². The number of aliphatic hydroxyl groups excluding tert-OH is 1. The van der Waals surface area contributed by atoms with E-state index in [0.717, 1.165) is 6.42 Å². The summed E-state index contributed by atoms with van der Waals surface area (Å²) in [5, 5.41) is 15.3. The van der Waals surface area contributed by atoms with Gasteiger partial charge < -0.3 is 16.2 Å². The first-order valence-corrected chi connectivity index (χ1v) is 5.41. The average molecular weight is 226 g/mol. The Morgan fingerprint density at radius 1 is 1.62 bits per heavy atom. The van der Waals surface area contributed by atoms with Gasteiger partial charge in [-0.1, -0.05) is 0 Å². The molecule has 1 rings (SSSR count). The SMILES string of the molecule is CCn1ncc(N)c1C(=O)NCCCCO. The second-order valence-corrected chi connectivity index (χ2v) is 3.45. The largest absolute Gasteiger partial charge is 0.396 e. The van der Waals surface area contributed by atoms with E-state index in [-0.39, 0.29) is 12.5 Å². The molecule has 0 aliphatic heterocycles. The number of hydrogen-bond donors (Lipinski definition) is 3. The van der Waals surface area contributed by atoms with Crippen LogP contribution in [0.5, 0.6) is 0 Å². The minimum absolute atomic E-state index is 0.144. The van der Waals surface area contributed by atoms with Crippen LogP contribution in [0.4, 0.5) is 5.69 Å². The van der Waals surface area contributed by atoms with E-state index in [9.17, 15) is 4.79 Å². The molecular formula is C10H18N4O2. The molecule has 90 valence electrons. The number of aliphatic hydroxyl groups is 1. The molecule has 0 spiro atoms. The summed E-state index contributed by atoms with van der Waals surface area (Å²) < 4.78 is 1.57. The lowest BCUT2D eigenvalue weighted by Gasteiger charge is -2.07. The molecule has 0 unspecified atom stereocenters. The van der Waals surface area contributed by atoms with Crippen molar-refractivity contribution in [3.8, 4) is 0 Å². The zero-order valence-corrected chi connectivity index (χ0v) is 9.44. The third-order valence-electron chi connectivity index (χ3n) is 2.25. The number of carbonyl (C=O) groups excluding carboxylic acids is 1. The van der Waals surface area contributed by atoms with E-state index in [1.165, 1.54) is 6.20 Å². The van der Waals surface area contributed by atoms with E-state index in [1.807, 2.05) is 6.92 Å². The number of nitrogens with one attached hydrogen (secondary N) is 1. The van der Waals surface area contributed by atoms with Gasteiger partial charge in [0.05, 0.1) is 11.9 Å². The Labute approximate surface area is 94.4 Å². The van der Waals surface area contributed by atoms with Crippen LogP contribution in [0.1, 0.15) is 30.3 Å². The smallest absolute Gasteiger partial charge is 0.271 e. The van der Waals surface area contributed by atoms with Gasteiger partial charge in [-0.2, -0.15) is 5.10 Å². The van der Waals surface area contributed by atoms with E-state index in [1.54, 1.807) is 4.68 Å². The first-order valence-electron chi connectivity index (χ1n) is 5.41. The van der Waals surface area contributed by atoms with Gasteiger partial charge in [0.2, 0.25) is 0 Å².